The van der Waals surface area contributed by atoms with Crippen LogP contribution in [0.25, 0.3) is 0 Å². The smallest absolute Gasteiger partial charge is 0.191 e. The number of benzene rings is 1. The van der Waals surface area contributed by atoms with E-state index in [9.17, 15) is 5.11 Å². The van der Waals surface area contributed by atoms with Crippen LogP contribution in [0.3, 0.4) is 0 Å². The van der Waals surface area contributed by atoms with Crippen LogP contribution in [0.15, 0.2) is 29.3 Å². The Kier molecular flexibility index (Phi) is 7.48. The number of nitrogens with one attached hydrogen (secondary N) is 2. The number of phenolic OH excluding ortho intramolecular Hbond substituents is 1. The van der Waals surface area contributed by atoms with E-state index in [-0.39, 0.29) is 0 Å². The number of morpholine rings is 1. The molecule has 2 aliphatic rings. The number of hydrogen-bond donors (Lipinski definition) is 3. The molecule has 1 atom stereocenters. The van der Waals surface area contributed by atoms with Crippen LogP contribution >= 0.6 is 11.3 Å². The highest BCUT2D eigenvalue weighted by Gasteiger charge is 2.24. The summed E-state index contributed by atoms with van der Waals surface area (Å²) in [6.07, 6.45) is 4.58. The first kappa shape index (κ1) is 22.1. The van der Waals surface area contributed by atoms with Gasteiger partial charge in [-0.05, 0) is 61.9 Å². The van der Waals surface area contributed by atoms with Gasteiger partial charge in [0.25, 0.3) is 0 Å². The van der Waals surface area contributed by atoms with E-state index in [2.05, 4.69) is 45.6 Å². The first-order valence-corrected chi connectivity index (χ1v) is 12.1. The Morgan fingerprint density at radius 2 is 1.97 bits per heavy atom. The molecule has 7 heteroatoms. The molecule has 0 amide bonds. The number of fused-ring (bicyclic) bond motifs is 1. The summed E-state index contributed by atoms with van der Waals surface area (Å²) >= 11 is 1.86. The zero-order valence-corrected chi connectivity index (χ0v) is 19.4. The second-order valence-electron chi connectivity index (χ2n) is 8.33. The minimum absolute atomic E-state index is 0.291. The summed E-state index contributed by atoms with van der Waals surface area (Å²) < 4.78 is 5.56. The average Bonchev–Trinajstić information content (AvgIpc) is 3.23. The third kappa shape index (κ3) is 5.40. The van der Waals surface area contributed by atoms with Crippen LogP contribution in [0.4, 0.5) is 0 Å². The van der Waals surface area contributed by atoms with Crippen molar-refractivity contribution in [3.8, 4) is 5.75 Å². The van der Waals surface area contributed by atoms with Crippen LogP contribution < -0.4 is 10.6 Å². The maximum absolute atomic E-state index is 10.5. The number of rotatable bonds is 6. The molecule has 4 rings (SSSR count). The molecule has 2 heterocycles. The van der Waals surface area contributed by atoms with E-state index in [1.165, 1.54) is 33.7 Å². The lowest BCUT2D eigenvalue weighted by atomic mass is 9.88. The molecule has 1 fully saturated rings. The zero-order chi connectivity index (χ0) is 21.6. The second-order valence-corrected chi connectivity index (χ2v) is 9.65. The molecule has 3 N–H and O–H groups in total. The normalized spacial score (nSPS) is 18.5. The number of aromatic hydroxyl groups is 1. The summed E-state index contributed by atoms with van der Waals surface area (Å²) in [4.78, 5) is 9.63. The van der Waals surface area contributed by atoms with Gasteiger partial charge < -0.3 is 20.5 Å². The molecule has 1 unspecified atom stereocenters. The summed E-state index contributed by atoms with van der Waals surface area (Å²) in [7, 11) is 1.80. The van der Waals surface area contributed by atoms with Crippen LogP contribution in [-0.4, -0.2) is 55.9 Å². The Morgan fingerprint density at radius 3 is 2.71 bits per heavy atom. The van der Waals surface area contributed by atoms with Crippen molar-refractivity contribution in [1.29, 1.82) is 0 Å². The van der Waals surface area contributed by atoms with Gasteiger partial charge >= 0.3 is 0 Å². The van der Waals surface area contributed by atoms with Crippen LogP contribution in [0.1, 0.15) is 45.3 Å². The maximum Gasteiger partial charge on any atom is 0.191 e. The van der Waals surface area contributed by atoms with Crippen LogP contribution in [0.2, 0.25) is 0 Å². The Labute approximate surface area is 189 Å². The largest absolute Gasteiger partial charge is 0.508 e. The molecule has 6 nitrogen and oxygen atoms in total. The van der Waals surface area contributed by atoms with E-state index in [1.54, 1.807) is 7.05 Å². The van der Waals surface area contributed by atoms with Crippen LogP contribution in [0, 0.1) is 6.92 Å². The number of guanidine groups is 1. The second kappa shape index (κ2) is 10.5. The molecule has 31 heavy (non-hydrogen) atoms. The van der Waals surface area contributed by atoms with Crippen molar-refractivity contribution >= 4 is 17.3 Å². The third-order valence-electron chi connectivity index (χ3n) is 6.32. The highest BCUT2D eigenvalue weighted by molar-refractivity contribution is 7.12. The molecule has 0 spiro atoms. The van der Waals surface area contributed by atoms with Crippen molar-refractivity contribution < 1.29 is 9.84 Å². The van der Waals surface area contributed by atoms with E-state index >= 15 is 0 Å². The predicted molar refractivity (Wildman–Crippen MR) is 127 cm³/mol. The summed E-state index contributed by atoms with van der Waals surface area (Å²) in [5, 5.41) is 17.4. The number of aliphatic imine (C=N–C) groups is 1. The van der Waals surface area contributed by atoms with Crippen molar-refractivity contribution in [2.75, 3.05) is 39.9 Å². The Hall–Kier alpha value is -2.09. The lowest BCUT2D eigenvalue weighted by Gasteiger charge is -2.34. The molecule has 1 saturated heterocycles. The van der Waals surface area contributed by atoms with Crippen molar-refractivity contribution in [3.05, 3.63) is 50.7 Å². The van der Waals surface area contributed by atoms with E-state index in [0.717, 1.165) is 57.2 Å². The zero-order valence-electron chi connectivity index (χ0n) is 18.6. The van der Waals surface area contributed by atoms with E-state index in [0.29, 0.717) is 18.3 Å². The van der Waals surface area contributed by atoms with Gasteiger partial charge in [-0.15, -0.1) is 11.3 Å². The molecular weight excluding hydrogens is 408 g/mol. The molecule has 1 aromatic heterocycles. The Morgan fingerprint density at radius 1 is 1.16 bits per heavy atom. The third-order valence-corrected chi connectivity index (χ3v) is 7.42. The summed E-state index contributed by atoms with van der Waals surface area (Å²) in [5.74, 6) is 1.14. The van der Waals surface area contributed by atoms with Crippen LogP contribution in [-0.2, 0) is 24.1 Å². The maximum atomic E-state index is 10.5. The number of aryl methyl sites for hydroxylation is 2. The van der Waals surface area contributed by atoms with E-state index in [1.807, 2.05) is 17.4 Å². The lowest BCUT2D eigenvalue weighted by molar-refractivity contribution is 0.0177. The number of phenols is 1. The molecule has 1 aliphatic heterocycles. The summed E-state index contributed by atoms with van der Waals surface area (Å²) in [6.45, 7) is 6.97. The molecule has 1 aliphatic carbocycles. The fourth-order valence-electron chi connectivity index (χ4n) is 4.61. The minimum atomic E-state index is 0.291. The van der Waals surface area contributed by atoms with Gasteiger partial charge in [-0.25, -0.2) is 0 Å². The topological polar surface area (TPSA) is 69.1 Å². The van der Waals surface area contributed by atoms with Gasteiger partial charge in [-0.2, -0.15) is 0 Å². The number of nitrogens with zero attached hydrogens (tertiary/aromatic N) is 2. The van der Waals surface area contributed by atoms with Crippen molar-refractivity contribution in [2.45, 2.75) is 45.2 Å². The first-order valence-electron chi connectivity index (χ1n) is 11.3. The van der Waals surface area contributed by atoms with Gasteiger partial charge in [-0.3, -0.25) is 9.89 Å². The minimum Gasteiger partial charge on any atom is -0.508 e. The lowest BCUT2D eigenvalue weighted by Crippen LogP contribution is -2.46. The average molecular weight is 443 g/mol. The van der Waals surface area contributed by atoms with Gasteiger partial charge in [0.05, 0.1) is 19.3 Å². The fraction of sp³-hybridized carbons (Fsp3) is 0.542. The Balaban J connectivity index is 1.41. The molecular formula is C24H34N4O2S. The number of ether oxygens (including phenoxy) is 1. The summed E-state index contributed by atoms with van der Waals surface area (Å²) in [6, 6.07) is 8.65. The SMILES string of the molecule is CN=C(NCc1c(O)ccc2c1CCCC2)NCC(c1ccc(C)s1)N1CCOCC1. The van der Waals surface area contributed by atoms with Gasteiger partial charge in [0.15, 0.2) is 5.96 Å². The summed E-state index contributed by atoms with van der Waals surface area (Å²) in [5.41, 5.74) is 3.71. The number of thiophene rings is 1. The van der Waals surface area contributed by atoms with Gasteiger partial charge in [0.1, 0.15) is 5.75 Å². The Bertz CT molecular complexity index is 905. The van der Waals surface area contributed by atoms with Crippen LogP contribution in [0.5, 0.6) is 5.75 Å². The molecule has 0 saturated carbocycles. The highest BCUT2D eigenvalue weighted by atomic mass is 32.1. The molecule has 0 bridgehead atoms. The number of hydrogen-bond acceptors (Lipinski definition) is 5. The highest BCUT2D eigenvalue weighted by Crippen LogP contribution is 2.31. The van der Waals surface area contributed by atoms with Crippen molar-refractivity contribution in [1.82, 2.24) is 15.5 Å². The van der Waals surface area contributed by atoms with Crippen molar-refractivity contribution in [2.24, 2.45) is 4.99 Å². The predicted octanol–water partition coefficient (Wildman–Crippen LogP) is 3.38. The first-order chi connectivity index (χ1) is 15.2. The van der Waals surface area contributed by atoms with Crippen molar-refractivity contribution in [3.63, 3.8) is 0 Å². The monoisotopic (exact) mass is 442 g/mol. The molecule has 1 aromatic carbocycles. The van der Waals surface area contributed by atoms with Gasteiger partial charge in [0, 0.05) is 48.5 Å². The standard InChI is InChI=1S/C24H34N4O2S/c1-17-7-10-23(31-17)21(28-11-13-30-14-12-28)16-27-24(25-2)26-15-20-19-6-4-3-5-18(19)8-9-22(20)29/h7-10,21,29H,3-6,11-16H2,1-2H3,(H2,25,26,27). The molecule has 2 aromatic rings. The van der Waals surface area contributed by atoms with E-state index in [4.69, 9.17) is 4.74 Å². The van der Waals surface area contributed by atoms with Gasteiger partial charge in [0.2, 0.25) is 0 Å². The van der Waals surface area contributed by atoms with E-state index < -0.39 is 0 Å². The van der Waals surface area contributed by atoms with Gasteiger partial charge in [-0.1, -0.05) is 6.07 Å². The fourth-order valence-corrected chi connectivity index (χ4v) is 5.62. The molecule has 168 valence electrons. The molecule has 0 radical (unpaired) electrons. The quantitative estimate of drug-likeness (QED) is 0.473.